The van der Waals surface area contributed by atoms with E-state index in [4.69, 9.17) is 9.15 Å². The number of benzene rings is 1. The lowest BCUT2D eigenvalue weighted by molar-refractivity contribution is -0.130. The summed E-state index contributed by atoms with van der Waals surface area (Å²) in [5.74, 6) is 0.585. The minimum atomic E-state index is -0.451. The van der Waals surface area contributed by atoms with E-state index in [1.54, 1.807) is 30.6 Å². The van der Waals surface area contributed by atoms with Crippen molar-refractivity contribution in [2.24, 2.45) is 4.99 Å². The number of cyclic esters (lactones) is 1. The van der Waals surface area contributed by atoms with E-state index in [2.05, 4.69) is 4.99 Å². The number of nitrogens with zero attached hydrogens (tertiary/aromatic N) is 1. The Labute approximate surface area is 115 Å². The maximum Gasteiger partial charge on any atom is 0.363 e. The highest BCUT2D eigenvalue weighted by molar-refractivity contribution is 6.11. The van der Waals surface area contributed by atoms with Crippen molar-refractivity contribution in [1.82, 2.24) is 0 Å². The van der Waals surface area contributed by atoms with Crippen molar-refractivity contribution in [2.45, 2.75) is 0 Å². The van der Waals surface area contributed by atoms with Crippen LogP contribution in [0, 0.1) is 0 Å². The number of carbonyl (C=O) groups excluding carboxylic acids is 1. The van der Waals surface area contributed by atoms with Crippen LogP contribution in [0.1, 0.15) is 11.3 Å². The SMILES string of the molecule is O=C1OC(c2ccccc2)=N/C1=C\C=C\c1ccco1. The largest absolute Gasteiger partial charge is 0.465 e. The highest BCUT2D eigenvalue weighted by Crippen LogP contribution is 2.16. The van der Waals surface area contributed by atoms with Crippen LogP contribution in [0.3, 0.4) is 0 Å². The van der Waals surface area contributed by atoms with E-state index in [1.165, 1.54) is 0 Å². The molecule has 1 aliphatic heterocycles. The van der Waals surface area contributed by atoms with Crippen molar-refractivity contribution < 1.29 is 13.9 Å². The Balaban J connectivity index is 1.80. The molecular weight excluding hydrogens is 254 g/mol. The molecule has 1 aliphatic rings. The van der Waals surface area contributed by atoms with Gasteiger partial charge in [0.15, 0.2) is 5.70 Å². The van der Waals surface area contributed by atoms with E-state index in [0.29, 0.717) is 11.7 Å². The molecule has 0 unspecified atom stereocenters. The Hall–Kier alpha value is -2.88. The first kappa shape index (κ1) is 12.2. The van der Waals surface area contributed by atoms with E-state index in [0.717, 1.165) is 5.56 Å². The molecule has 0 saturated heterocycles. The smallest absolute Gasteiger partial charge is 0.363 e. The van der Waals surface area contributed by atoms with Gasteiger partial charge in [-0.2, -0.15) is 0 Å². The molecule has 98 valence electrons. The van der Waals surface area contributed by atoms with Crippen LogP contribution in [0.4, 0.5) is 0 Å². The molecule has 0 N–H and O–H groups in total. The van der Waals surface area contributed by atoms with Crippen molar-refractivity contribution in [1.29, 1.82) is 0 Å². The molecule has 0 fully saturated rings. The molecular formula is C16H11NO3. The first-order chi connectivity index (χ1) is 9.83. The molecule has 0 spiro atoms. The monoisotopic (exact) mass is 265 g/mol. The average molecular weight is 265 g/mol. The molecule has 2 aromatic rings. The molecule has 0 radical (unpaired) electrons. The van der Waals surface area contributed by atoms with Crippen LogP contribution in [0.15, 0.2) is 76.0 Å². The molecule has 0 atom stereocenters. The quantitative estimate of drug-likeness (QED) is 0.632. The summed E-state index contributed by atoms with van der Waals surface area (Å²) in [6, 6.07) is 12.9. The summed E-state index contributed by atoms with van der Waals surface area (Å²) in [5, 5.41) is 0. The fourth-order valence-electron chi connectivity index (χ4n) is 1.75. The van der Waals surface area contributed by atoms with Gasteiger partial charge in [-0.25, -0.2) is 9.79 Å². The van der Waals surface area contributed by atoms with Crippen molar-refractivity contribution in [2.75, 3.05) is 0 Å². The van der Waals surface area contributed by atoms with Gasteiger partial charge in [0, 0.05) is 5.56 Å². The molecule has 3 rings (SSSR count). The number of furan rings is 1. The van der Waals surface area contributed by atoms with Crippen molar-refractivity contribution in [3.63, 3.8) is 0 Å². The van der Waals surface area contributed by atoms with Crippen LogP contribution in [0.2, 0.25) is 0 Å². The van der Waals surface area contributed by atoms with E-state index in [9.17, 15) is 4.79 Å². The average Bonchev–Trinajstić information content (AvgIpc) is 3.11. The van der Waals surface area contributed by atoms with Gasteiger partial charge in [0.05, 0.1) is 6.26 Å². The number of carbonyl (C=O) groups is 1. The Morgan fingerprint density at radius 1 is 1.05 bits per heavy atom. The molecule has 0 bridgehead atoms. The number of hydrogen-bond acceptors (Lipinski definition) is 4. The third kappa shape index (κ3) is 2.59. The zero-order valence-corrected chi connectivity index (χ0v) is 10.5. The van der Waals surface area contributed by atoms with E-state index < -0.39 is 5.97 Å². The summed E-state index contributed by atoms with van der Waals surface area (Å²) in [4.78, 5) is 15.9. The highest BCUT2D eigenvalue weighted by atomic mass is 16.6. The second kappa shape index (κ2) is 5.40. The second-order valence-electron chi connectivity index (χ2n) is 4.10. The number of hydrogen-bond donors (Lipinski definition) is 0. The maximum absolute atomic E-state index is 11.7. The summed E-state index contributed by atoms with van der Waals surface area (Å²) in [7, 11) is 0. The normalized spacial score (nSPS) is 16.7. The van der Waals surface area contributed by atoms with Crippen molar-refractivity contribution in [3.05, 3.63) is 77.9 Å². The van der Waals surface area contributed by atoms with Gasteiger partial charge in [-0.1, -0.05) is 24.3 Å². The zero-order chi connectivity index (χ0) is 13.8. The van der Waals surface area contributed by atoms with E-state index >= 15 is 0 Å². The Kier molecular flexibility index (Phi) is 3.29. The first-order valence-electron chi connectivity index (χ1n) is 6.11. The molecule has 2 heterocycles. The Morgan fingerprint density at radius 3 is 2.65 bits per heavy atom. The lowest BCUT2D eigenvalue weighted by atomic mass is 10.2. The van der Waals surface area contributed by atoms with E-state index in [1.807, 2.05) is 36.4 Å². The first-order valence-corrected chi connectivity index (χ1v) is 6.11. The zero-order valence-electron chi connectivity index (χ0n) is 10.5. The van der Waals surface area contributed by atoms with Gasteiger partial charge in [0.1, 0.15) is 5.76 Å². The van der Waals surface area contributed by atoms with Crippen molar-refractivity contribution in [3.8, 4) is 0 Å². The van der Waals surface area contributed by atoms with Crippen LogP contribution in [-0.4, -0.2) is 11.9 Å². The molecule has 4 heteroatoms. The molecule has 1 aromatic carbocycles. The van der Waals surface area contributed by atoms with Crippen molar-refractivity contribution >= 4 is 17.9 Å². The van der Waals surface area contributed by atoms with Crippen LogP contribution >= 0.6 is 0 Å². The lowest BCUT2D eigenvalue weighted by Crippen LogP contribution is -2.04. The minimum Gasteiger partial charge on any atom is -0.465 e. The van der Waals surface area contributed by atoms with Gasteiger partial charge < -0.3 is 9.15 Å². The van der Waals surface area contributed by atoms with Gasteiger partial charge >= 0.3 is 5.97 Å². The minimum absolute atomic E-state index is 0.270. The van der Waals surface area contributed by atoms with Crippen LogP contribution in [0.5, 0.6) is 0 Å². The topological polar surface area (TPSA) is 51.8 Å². The fourth-order valence-corrected chi connectivity index (χ4v) is 1.75. The summed E-state index contributed by atoms with van der Waals surface area (Å²) >= 11 is 0. The number of allylic oxidation sites excluding steroid dienone is 2. The van der Waals surface area contributed by atoms with Gasteiger partial charge in [-0.3, -0.25) is 0 Å². The van der Waals surface area contributed by atoms with Gasteiger partial charge in [-0.05, 0) is 36.4 Å². The highest BCUT2D eigenvalue weighted by Gasteiger charge is 2.23. The van der Waals surface area contributed by atoms with Gasteiger partial charge in [0.25, 0.3) is 0 Å². The predicted molar refractivity (Wildman–Crippen MR) is 74.9 cm³/mol. The standard InChI is InChI=1S/C16H11NO3/c18-16-14(10-4-8-13-9-5-11-19-13)17-15(20-16)12-6-2-1-3-7-12/h1-11H/b8-4+,14-10-. The summed E-state index contributed by atoms with van der Waals surface area (Å²) < 4.78 is 10.3. The van der Waals surface area contributed by atoms with Gasteiger partial charge in [0.2, 0.25) is 5.90 Å². The molecule has 0 saturated carbocycles. The molecule has 0 aliphatic carbocycles. The fraction of sp³-hybridized carbons (Fsp3) is 0. The lowest BCUT2D eigenvalue weighted by Gasteiger charge is -1.97. The van der Waals surface area contributed by atoms with Crippen LogP contribution in [0.25, 0.3) is 6.08 Å². The van der Waals surface area contributed by atoms with Crippen LogP contribution in [-0.2, 0) is 9.53 Å². The third-order valence-corrected chi connectivity index (χ3v) is 2.70. The number of rotatable bonds is 3. The third-order valence-electron chi connectivity index (χ3n) is 2.70. The molecule has 1 aromatic heterocycles. The maximum atomic E-state index is 11.7. The molecule has 4 nitrogen and oxygen atoms in total. The van der Waals surface area contributed by atoms with E-state index in [-0.39, 0.29) is 5.70 Å². The molecule has 20 heavy (non-hydrogen) atoms. The van der Waals surface area contributed by atoms with Crippen LogP contribution < -0.4 is 0 Å². The summed E-state index contributed by atoms with van der Waals surface area (Å²) in [6.45, 7) is 0. The summed E-state index contributed by atoms with van der Waals surface area (Å²) in [6.07, 6.45) is 6.63. The van der Waals surface area contributed by atoms with Gasteiger partial charge in [-0.15, -0.1) is 0 Å². The molecule has 0 amide bonds. The Morgan fingerprint density at radius 2 is 1.90 bits per heavy atom. The Bertz CT molecular complexity index is 695. The summed E-state index contributed by atoms with van der Waals surface area (Å²) in [5.41, 5.74) is 1.05. The predicted octanol–water partition coefficient (Wildman–Crippen LogP) is 3.18. The number of esters is 1. The number of ether oxygens (including phenoxy) is 1. The second-order valence-corrected chi connectivity index (χ2v) is 4.10. The number of aliphatic imine (C=N–C) groups is 1.